The van der Waals surface area contributed by atoms with Gasteiger partial charge in [0, 0.05) is 18.9 Å². The molecule has 2 aromatic carbocycles. The van der Waals surface area contributed by atoms with Crippen molar-refractivity contribution in [2.24, 2.45) is 0 Å². The second-order valence-corrected chi connectivity index (χ2v) is 5.78. The van der Waals surface area contributed by atoms with Crippen LogP contribution in [0.4, 0.5) is 0 Å². The molecule has 138 valence electrons. The number of hydrogen-bond acceptors (Lipinski definition) is 6. The van der Waals surface area contributed by atoms with Crippen LogP contribution >= 0.6 is 0 Å². The summed E-state index contributed by atoms with van der Waals surface area (Å²) < 4.78 is 10.2. The summed E-state index contributed by atoms with van der Waals surface area (Å²) in [5.74, 6) is -0.139. The summed E-state index contributed by atoms with van der Waals surface area (Å²) in [5.41, 5.74) is 2.68. The second-order valence-electron chi connectivity index (χ2n) is 5.78. The molecular weight excluding hydrogens is 346 g/mol. The number of carbonyl (C=O) groups is 2. The third-order valence-electron chi connectivity index (χ3n) is 3.93. The monoisotopic (exact) mass is 365 g/mol. The Morgan fingerprint density at radius 1 is 1.00 bits per heavy atom. The standard InChI is InChI=1S/C20H19N3O4/c1-26-16-5-2-14(3-6-16)8-9-23-19(24)13-27-20(25)15-4-7-17-18(12-15)22-11-10-21-17/h2-7,10-12H,8-9,13H2,1H3,(H,23,24). The Morgan fingerprint density at radius 3 is 2.48 bits per heavy atom. The molecule has 27 heavy (non-hydrogen) atoms. The van der Waals surface area contributed by atoms with E-state index >= 15 is 0 Å². The van der Waals surface area contributed by atoms with E-state index in [1.165, 1.54) is 0 Å². The van der Waals surface area contributed by atoms with Crippen molar-refractivity contribution >= 4 is 22.9 Å². The van der Waals surface area contributed by atoms with Crippen molar-refractivity contribution in [2.45, 2.75) is 6.42 Å². The Labute approximate surface area is 156 Å². The van der Waals surface area contributed by atoms with E-state index in [4.69, 9.17) is 9.47 Å². The highest BCUT2D eigenvalue weighted by molar-refractivity contribution is 5.94. The predicted octanol–water partition coefficient (Wildman–Crippen LogP) is 2.15. The number of nitrogens with zero attached hydrogens (tertiary/aromatic N) is 2. The highest BCUT2D eigenvalue weighted by atomic mass is 16.5. The number of benzene rings is 2. The number of fused-ring (bicyclic) bond motifs is 1. The fourth-order valence-corrected chi connectivity index (χ4v) is 2.49. The first-order valence-electron chi connectivity index (χ1n) is 8.43. The second kappa shape index (κ2) is 8.75. The van der Waals surface area contributed by atoms with Gasteiger partial charge in [-0.15, -0.1) is 0 Å². The molecular formula is C20H19N3O4. The van der Waals surface area contributed by atoms with E-state index in [2.05, 4.69) is 15.3 Å². The Morgan fingerprint density at radius 2 is 1.74 bits per heavy atom. The molecule has 7 nitrogen and oxygen atoms in total. The minimum atomic E-state index is -0.576. The fourth-order valence-electron chi connectivity index (χ4n) is 2.49. The summed E-state index contributed by atoms with van der Waals surface area (Å²) in [6.07, 6.45) is 3.80. The summed E-state index contributed by atoms with van der Waals surface area (Å²) in [6, 6.07) is 12.5. The number of aromatic nitrogens is 2. The third-order valence-corrected chi connectivity index (χ3v) is 3.93. The molecule has 0 aliphatic heterocycles. The number of rotatable bonds is 7. The summed E-state index contributed by atoms with van der Waals surface area (Å²) >= 11 is 0. The highest BCUT2D eigenvalue weighted by Crippen LogP contribution is 2.12. The van der Waals surface area contributed by atoms with Gasteiger partial charge in [-0.2, -0.15) is 0 Å². The molecule has 0 saturated carbocycles. The number of hydrogen-bond donors (Lipinski definition) is 1. The van der Waals surface area contributed by atoms with Gasteiger partial charge in [0.1, 0.15) is 5.75 Å². The van der Waals surface area contributed by atoms with Gasteiger partial charge in [-0.1, -0.05) is 12.1 Å². The van der Waals surface area contributed by atoms with E-state index in [9.17, 15) is 9.59 Å². The largest absolute Gasteiger partial charge is 0.497 e. The van der Waals surface area contributed by atoms with Gasteiger partial charge in [0.15, 0.2) is 6.61 Å². The lowest BCUT2D eigenvalue weighted by Gasteiger charge is -2.07. The van der Waals surface area contributed by atoms with Crippen molar-refractivity contribution in [3.05, 3.63) is 66.0 Å². The van der Waals surface area contributed by atoms with Crippen LogP contribution in [0.15, 0.2) is 54.9 Å². The van der Waals surface area contributed by atoms with E-state index in [0.717, 1.165) is 11.3 Å². The number of amides is 1. The maximum absolute atomic E-state index is 12.1. The smallest absolute Gasteiger partial charge is 0.338 e. The van der Waals surface area contributed by atoms with Crippen molar-refractivity contribution in [3.63, 3.8) is 0 Å². The van der Waals surface area contributed by atoms with Gasteiger partial charge in [0.05, 0.1) is 23.7 Å². The van der Waals surface area contributed by atoms with Crippen molar-refractivity contribution in [1.82, 2.24) is 15.3 Å². The molecule has 1 aromatic heterocycles. The maximum Gasteiger partial charge on any atom is 0.338 e. The SMILES string of the molecule is COc1ccc(CCNC(=O)COC(=O)c2ccc3nccnc3c2)cc1. The first-order chi connectivity index (χ1) is 13.2. The molecule has 1 amide bonds. The molecule has 0 aliphatic carbocycles. The lowest BCUT2D eigenvalue weighted by molar-refractivity contribution is -0.124. The van der Waals surface area contributed by atoms with Crippen LogP contribution in [0.1, 0.15) is 15.9 Å². The Hall–Kier alpha value is -3.48. The zero-order valence-electron chi connectivity index (χ0n) is 14.8. The Bertz CT molecular complexity index is 941. The predicted molar refractivity (Wildman–Crippen MR) is 99.5 cm³/mol. The lowest BCUT2D eigenvalue weighted by atomic mass is 10.1. The molecule has 3 rings (SSSR count). The van der Waals surface area contributed by atoms with Crippen LogP contribution in [0.25, 0.3) is 11.0 Å². The Balaban J connectivity index is 1.44. The molecule has 3 aromatic rings. The van der Waals surface area contributed by atoms with E-state index < -0.39 is 5.97 Å². The number of nitrogens with one attached hydrogen (secondary N) is 1. The topological polar surface area (TPSA) is 90.4 Å². The molecule has 0 atom stereocenters. The molecule has 0 fully saturated rings. The van der Waals surface area contributed by atoms with Crippen LogP contribution in [0, 0.1) is 0 Å². The summed E-state index contributed by atoms with van der Waals surface area (Å²) in [4.78, 5) is 32.2. The lowest BCUT2D eigenvalue weighted by Crippen LogP contribution is -2.30. The van der Waals surface area contributed by atoms with Crippen molar-refractivity contribution < 1.29 is 19.1 Å². The highest BCUT2D eigenvalue weighted by Gasteiger charge is 2.11. The normalized spacial score (nSPS) is 10.4. The molecule has 1 heterocycles. The summed E-state index contributed by atoms with van der Waals surface area (Å²) in [5, 5.41) is 2.73. The van der Waals surface area contributed by atoms with Gasteiger partial charge in [-0.25, -0.2) is 4.79 Å². The molecule has 0 bridgehead atoms. The minimum absolute atomic E-state index is 0.328. The van der Waals surface area contributed by atoms with Gasteiger partial charge < -0.3 is 14.8 Å². The van der Waals surface area contributed by atoms with Crippen molar-refractivity contribution in [1.29, 1.82) is 0 Å². The summed E-state index contributed by atoms with van der Waals surface area (Å²) in [7, 11) is 1.61. The zero-order valence-corrected chi connectivity index (χ0v) is 14.8. The average molecular weight is 365 g/mol. The van der Waals surface area contributed by atoms with E-state index in [0.29, 0.717) is 29.6 Å². The van der Waals surface area contributed by atoms with Crippen LogP contribution in [0.5, 0.6) is 5.75 Å². The number of carbonyl (C=O) groups excluding carboxylic acids is 2. The average Bonchev–Trinajstić information content (AvgIpc) is 2.72. The van der Waals surface area contributed by atoms with Gasteiger partial charge in [-0.05, 0) is 42.3 Å². The van der Waals surface area contributed by atoms with E-state index in [-0.39, 0.29) is 12.5 Å². The summed E-state index contributed by atoms with van der Waals surface area (Å²) in [6.45, 7) is 0.119. The quantitative estimate of drug-likeness (QED) is 0.645. The van der Waals surface area contributed by atoms with Gasteiger partial charge in [0.25, 0.3) is 5.91 Å². The first kappa shape index (κ1) is 18.3. The molecule has 0 unspecified atom stereocenters. The van der Waals surface area contributed by atoms with E-state index in [1.54, 1.807) is 37.7 Å². The van der Waals surface area contributed by atoms with Gasteiger partial charge in [-0.3, -0.25) is 14.8 Å². The number of ether oxygens (including phenoxy) is 2. The minimum Gasteiger partial charge on any atom is -0.497 e. The van der Waals surface area contributed by atoms with Crippen LogP contribution in [0.2, 0.25) is 0 Å². The van der Waals surface area contributed by atoms with Crippen LogP contribution in [-0.2, 0) is 16.0 Å². The molecule has 0 radical (unpaired) electrons. The number of esters is 1. The van der Waals surface area contributed by atoms with Crippen molar-refractivity contribution in [3.8, 4) is 5.75 Å². The molecule has 0 saturated heterocycles. The van der Waals surface area contributed by atoms with E-state index in [1.807, 2.05) is 24.3 Å². The number of methoxy groups -OCH3 is 1. The van der Waals surface area contributed by atoms with Crippen LogP contribution in [-0.4, -0.2) is 42.1 Å². The molecule has 1 N–H and O–H groups in total. The molecule has 0 aliphatic rings. The maximum atomic E-state index is 12.1. The Kier molecular flexibility index (Phi) is 5.94. The van der Waals surface area contributed by atoms with Crippen molar-refractivity contribution in [2.75, 3.05) is 20.3 Å². The van der Waals surface area contributed by atoms with Gasteiger partial charge in [0.2, 0.25) is 0 Å². The molecule has 0 spiro atoms. The first-order valence-corrected chi connectivity index (χ1v) is 8.43. The van der Waals surface area contributed by atoms with Crippen LogP contribution in [0.3, 0.4) is 0 Å². The fraction of sp³-hybridized carbons (Fsp3) is 0.200. The molecule has 7 heteroatoms. The van der Waals surface area contributed by atoms with Gasteiger partial charge >= 0.3 is 5.97 Å². The zero-order chi connectivity index (χ0) is 19.1. The van der Waals surface area contributed by atoms with Crippen LogP contribution < -0.4 is 10.1 Å². The third kappa shape index (κ3) is 5.01.